The lowest BCUT2D eigenvalue weighted by molar-refractivity contribution is 0.192. The number of pyridine rings is 1. The van der Waals surface area contributed by atoms with Crippen LogP contribution in [0.5, 0.6) is 0 Å². The summed E-state index contributed by atoms with van der Waals surface area (Å²) in [6.07, 6.45) is 1.69. The highest BCUT2D eigenvalue weighted by molar-refractivity contribution is 8.00. The summed E-state index contributed by atoms with van der Waals surface area (Å²) in [6.45, 7) is 4.70. The summed E-state index contributed by atoms with van der Waals surface area (Å²) in [5.41, 5.74) is 2.52. The third kappa shape index (κ3) is 3.24. The quantitative estimate of drug-likeness (QED) is 0.719. The van der Waals surface area contributed by atoms with Crippen molar-refractivity contribution in [2.45, 2.75) is 24.8 Å². The van der Waals surface area contributed by atoms with Crippen LogP contribution < -0.4 is 5.76 Å². The van der Waals surface area contributed by atoms with E-state index in [1.54, 1.807) is 22.9 Å². The van der Waals surface area contributed by atoms with Gasteiger partial charge in [-0.1, -0.05) is 37.3 Å². The van der Waals surface area contributed by atoms with Crippen LogP contribution in [0.15, 0.2) is 57.9 Å². The second-order valence-electron chi connectivity index (χ2n) is 6.31. The van der Waals surface area contributed by atoms with E-state index in [0.717, 1.165) is 18.8 Å². The molecule has 0 unspecified atom stereocenters. The molecule has 5 nitrogen and oxygen atoms in total. The van der Waals surface area contributed by atoms with Crippen molar-refractivity contribution in [1.29, 1.82) is 0 Å². The zero-order chi connectivity index (χ0) is 17.2. The van der Waals surface area contributed by atoms with Crippen molar-refractivity contribution in [3.8, 4) is 0 Å². The van der Waals surface area contributed by atoms with Crippen molar-refractivity contribution in [2.75, 3.05) is 18.8 Å². The topological polar surface area (TPSA) is 51.3 Å². The number of benzene rings is 1. The Labute approximate surface area is 150 Å². The van der Waals surface area contributed by atoms with Gasteiger partial charge in [0.15, 0.2) is 11.2 Å². The van der Waals surface area contributed by atoms with E-state index in [-0.39, 0.29) is 5.76 Å². The summed E-state index contributed by atoms with van der Waals surface area (Å²) >= 11 is 2.01. The first kappa shape index (κ1) is 16.4. The normalized spacial score (nSPS) is 21.6. The lowest BCUT2D eigenvalue weighted by atomic mass is 10.0. The number of oxazole rings is 1. The molecule has 2 atom stereocenters. The van der Waals surface area contributed by atoms with Crippen molar-refractivity contribution < 1.29 is 4.42 Å². The predicted octanol–water partition coefficient (Wildman–Crippen LogP) is 3.17. The summed E-state index contributed by atoms with van der Waals surface area (Å²) in [4.78, 5) is 18.9. The van der Waals surface area contributed by atoms with Gasteiger partial charge in [-0.15, -0.1) is 0 Å². The SMILES string of the molecule is C[C@H]1SCCN(CCn2c(=O)oc3cccnc32)[C@H]1c1ccccc1. The van der Waals surface area contributed by atoms with E-state index in [0.29, 0.717) is 29.1 Å². The van der Waals surface area contributed by atoms with Crippen LogP contribution in [-0.2, 0) is 6.54 Å². The molecule has 1 aliphatic rings. The minimum atomic E-state index is -0.329. The van der Waals surface area contributed by atoms with E-state index in [1.807, 2.05) is 11.8 Å². The van der Waals surface area contributed by atoms with Crippen molar-refractivity contribution >= 4 is 23.0 Å². The number of thioether (sulfide) groups is 1. The van der Waals surface area contributed by atoms with Crippen LogP contribution in [0.25, 0.3) is 11.2 Å². The highest BCUT2D eigenvalue weighted by atomic mass is 32.2. The van der Waals surface area contributed by atoms with E-state index in [4.69, 9.17) is 4.42 Å². The van der Waals surface area contributed by atoms with Crippen LogP contribution >= 0.6 is 11.8 Å². The average molecular weight is 355 g/mol. The minimum absolute atomic E-state index is 0.329. The van der Waals surface area contributed by atoms with Gasteiger partial charge in [0, 0.05) is 42.9 Å². The molecule has 1 fully saturated rings. The van der Waals surface area contributed by atoms with Gasteiger partial charge in [-0.25, -0.2) is 9.78 Å². The molecule has 3 aromatic rings. The smallest absolute Gasteiger partial charge is 0.406 e. The van der Waals surface area contributed by atoms with Gasteiger partial charge in [0.05, 0.1) is 0 Å². The van der Waals surface area contributed by atoms with Gasteiger partial charge in [0.1, 0.15) is 0 Å². The first-order valence-electron chi connectivity index (χ1n) is 8.59. The maximum absolute atomic E-state index is 12.2. The van der Waals surface area contributed by atoms with E-state index in [9.17, 15) is 4.79 Å². The van der Waals surface area contributed by atoms with Gasteiger partial charge in [0.25, 0.3) is 0 Å². The number of rotatable bonds is 4. The molecule has 6 heteroatoms. The molecule has 0 N–H and O–H groups in total. The van der Waals surface area contributed by atoms with Gasteiger partial charge >= 0.3 is 5.76 Å². The maximum Gasteiger partial charge on any atom is 0.421 e. The molecule has 0 spiro atoms. The molecule has 0 aliphatic carbocycles. The molecular weight excluding hydrogens is 334 g/mol. The molecule has 0 saturated carbocycles. The molecular formula is C19H21N3O2S. The summed E-state index contributed by atoms with van der Waals surface area (Å²) < 4.78 is 6.94. The van der Waals surface area contributed by atoms with Crippen LogP contribution in [0.4, 0.5) is 0 Å². The zero-order valence-corrected chi connectivity index (χ0v) is 15.0. The number of hydrogen-bond donors (Lipinski definition) is 0. The zero-order valence-electron chi connectivity index (χ0n) is 14.2. The second kappa shape index (κ2) is 7.06. The molecule has 25 heavy (non-hydrogen) atoms. The van der Waals surface area contributed by atoms with E-state index >= 15 is 0 Å². The molecule has 4 rings (SSSR count). The van der Waals surface area contributed by atoms with Crippen molar-refractivity contribution in [3.05, 3.63) is 64.8 Å². The Kier molecular flexibility index (Phi) is 4.63. The summed E-state index contributed by atoms with van der Waals surface area (Å²) in [7, 11) is 0. The number of nitrogens with zero attached hydrogens (tertiary/aromatic N) is 3. The summed E-state index contributed by atoms with van der Waals surface area (Å²) in [5, 5.41) is 0.520. The fraction of sp³-hybridized carbons (Fsp3) is 0.368. The first-order chi connectivity index (χ1) is 12.2. The van der Waals surface area contributed by atoms with Gasteiger partial charge in [-0.2, -0.15) is 11.8 Å². The van der Waals surface area contributed by atoms with E-state index < -0.39 is 0 Å². The number of fused-ring (bicyclic) bond motifs is 1. The molecule has 130 valence electrons. The number of hydrogen-bond acceptors (Lipinski definition) is 5. The van der Waals surface area contributed by atoms with Crippen molar-refractivity contribution in [1.82, 2.24) is 14.5 Å². The fourth-order valence-corrected chi connectivity index (χ4v) is 4.82. The van der Waals surface area contributed by atoms with Gasteiger partial charge in [-0.05, 0) is 17.7 Å². The van der Waals surface area contributed by atoms with Crippen LogP contribution in [0.3, 0.4) is 0 Å². The van der Waals surface area contributed by atoms with Crippen LogP contribution in [-0.4, -0.2) is 38.5 Å². The average Bonchev–Trinajstić information content (AvgIpc) is 2.96. The Morgan fingerprint density at radius 2 is 2.04 bits per heavy atom. The van der Waals surface area contributed by atoms with E-state index in [1.165, 1.54) is 5.56 Å². The Balaban J connectivity index is 1.58. The van der Waals surface area contributed by atoms with Gasteiger partial charge in [0.2, 0.25) is 0 Å². The monoisotopic (exact) mass is 355 g/mol. The maximum atomic E-state index is 12.2. The highest BCUT2D eigenvalue weighted by Crippen LogP contribution is 2.35. The van der Waals surface area contributed by atoms with Crippen molar-refractivity contribution in [3.63, 3.8) is 0 Å². The first-order valence-corrected chi connectivity index (χ1v) is 9.64. The van der Waals surface area contributed by atoms with Crippen LogP contribution in [0, 0.1) is 0 Å². The van der Waals surface area contributed by atoms with Crippen LogP contribution in [0.2, 0.25) is 0 Å². The summed E-state index contributed by atoms with van der Waals surface area (Å²) in [6, 6.07) is 14.6. The van der Waals surface area contributed by atoms with Crippen molar-refractivity contribution in [2.24, 2.45) is 0 Å². The molecule has 1 aromatic carbocycles. The molecule has 1 saturated heterocycles. The lowest BCUT2D eigenvalue weighted by Crippen LogP contribution is -2.42. The molecule has 0 amide bonds. The molecule has 1 aliphatic heterocycles. The molecule has 3 heterocycles. The predicted molar refractivity (Wildman–Crippen MR) is 101 cm³/mol. The second-order valence-corrected chi connectivity index (χ2v) is 7.80. The molecule has 2 aromatic heterocycles. The Morgan fingerprint density at radius 3 is 2.88 bits per heavy atom. The fourth-order valence-electron chi connectivity index (χ4n) is 3.59. The minimum Gasteiger partial charge on any atom is -0.406 e. The third-order valence-electron chi connectivity index (χ3n) is 4.77. The third-order valence-corrected chi connectivity index (χ3v) is 5.98. The standard InChI is InChI=1S/C19H21N3O2S/c1-14-17(15-6-3-2-4-7-15)21(12-13-25-14)10-11-22-18-16(24-19(22)23)8-5-9-20-18/h2-9,14,17H,10-13H2,1H3/t14-,17-/m1/s1. The summed E-state index contributed by atoms with van der Waals surface area (Å²) in [5.74, 6) is 0.786. The molecule has 0 bridgehead atoms. The Hall–Kier alpha value is -2.05. The van der Waals surface area contributed by atoms with Gasteiger partial charge in [-0.3, -0.25) is 9.47 Å². The van der Waals surface area contributed by atoms with Gasteiger partial charge < -0.3 is 4.42 Å². The Bertz CT molecular complexity index is 906. The highest BCUT2D eigenvalue weighted by Gasteiger charge is 2.30. The van der Waals surface area contributed by atoms with E-state index in [2.05, 4.69) is 47.1 Å². The molecule has 0 radical (unpaired) electrons. The lowest BCUT2D eigenvalue weighted by Gasteiger charge is -2.40. The van der Waals surface area contributed by atoms with Crippen LogP contribution in [0.1, 0.15) is 18.5 Å². The number of aromatic nitrogens is 2. The Morgan fingerprint density at radius 1 is 1.20 bits per heavy atom. The largest absolute Gasteiger partial charge is 0.421 e.